The average Bonchev–Trinajstić information content (AvgIpc) is 2.45. The Morgan fingerprint density at radius 3 is 2.40 bits per heavy atom. The van der Waals surface area contributed by atoms with E-state index in [9.17, 15) is 9.50 Å². The number of hydrogen-bond acceptors (Lipinski definition) is 1. The molecule has 0 aliphatic carbocycles. The Morgan fingerprint density at radius 2 is 1.80 bits per heavy atom. The number of unbranched alkanes of at least 4 members (excludes halogenated alkanes) is 1. The first kappa shape index (κ1) is 14.7. The maximum Gasteiger partial charge on any atom is 0.123 e. The lowest BCUT2D eigenvalue weighted by Crippen LogP contribution is -2.00. The van der Waals surface area contributed by atoms with Gasteiger partial charge in [0.15, 0.2) is 0 Å². The van der Waals surface area contributed by atoms with Crippen molar-refractivity contribution < 1.29 is 9.50 Å². The van der Waals surface area contributed by atoms with Crippen molar-refractivity contribution in [2.24, 2.45) is 0 Å². The largest absolute Gasteiger partial charge is 0.389 e. The minimum Gasteiger partial charge on any atom is -0.389 e. The standard InChI is InChI=1S/C18H21FO/c1-3-4-6-14-7-5-8-17(13(2)20)18(14)15-9-11-16(19)12-10-15/h5,7-13,20H,3-4,6H2,1-2H3. The lowest BCUT2D eigenvalue weighted by atomic mass is 9.90. The molecule has 1 nitrogen and oxygen atoms in total. The predicted octanol–water partition coefficient (Wildman–Crippen LogP) is 4.89. The zero-order valence-electron chi connectivity index (χ0n) is 12.1. The fraction of sp³-hybridized carbons (Fsp3) is 0.333. The Morgan fingerprint density at radius 1 is 1.10 bits per heavy atom. The number of aliphatic hydroxyl groups excluding tert-OH is 1. The summed E-state index contributed by atoms with van der Waals surface area (Å²) in [6.45, 7) is 3.93. The molecule has 1 atom stereocenters. The maximum absolute atomic E-state index is 13.1. The van der Waals surface area contributed by atoms with Crippen molar-refractivity contribution in [3.63, 3.8) is 0 Å². The van der Waals surface area contributed by atoms with Gasteiger partial charge in [-0.1, -0.05) is 43.7 Å². The summed E-state index contributed by atoms with van der Waals surface area (Å²) in [5.41, 5.74) is 4.15. The van der Waals surface area contributed by atoms with Gasteiger partial charge >= 0.3 is 0 Å². The van der Waals surface area contributed by atoms with Crippen molar-refractivity contribution in [1.29, 1.82) is 0 Å². The fourth-order valence-electron chi connectivity index (χ4n) is 2.51. The highest BCUT2D eigenvalue weighted by atomic mass is 19.1. The van der Waals surface area contributed by atoms with E-state index >= 15 is 0 Å². The van der Waals surface area contributed by atoms with Crippen LogP contribution >= 0.6 is 0 Å². The zero-order chi connectivity index (χ0) is 14.5. The summed E-state index contributed by atoms with van der Waals surface area (Å²) in [5.74, 6) is -0.238. The molecule has 0 saturated heterocycles. The third-order valence-electron chi connectivity index (χ3n) is 3.57. The van der Waals surface area contributed by atoms with Crippen LogP contribution in [0.15, 0.2) is 42.5 Å². The van der Waals surface area contributed by atoms with E-state index in [1.807, 2.05) is 12.1 Å². The van der Waals surface area contributed by atoms with Crippen molar-refractivity contribution in [2.75, 3.05) is 0 Å². The Balaban J connectivity index is 2.53. The number of aryl methyl sites for hydroxylation is 1. The molecule has 2 rings (SSSR count). The zero-order valence-corrected chi connectivity index (χ0v) is 12.1. The van der Waals surface area contributed by atoms with Crippen molar-refractivity contribution >= 4 is 0 Å². The van der Waals surface area contributed by atoms with E-state index in [-0.39, 0.29) is 5.82 Å². The van der Waals surface area contributed by atoms with Crippen molar-refractivity contribution in [1.82, 2.24) is 0 Å². The first-order chi connectivity index (χ1) is 9.63. The molecule has 0 aliphatic rings. The van der Waals surface area contributed by atoms with Crippen LogP contribution in [0.1, 0.15) is 43.9 Å². The van der Waals surface area contributed by atoms with Crippen LogP contribution in [-0.2, 0) is 6.42 Å². The smallest absolute Gasteiger partial charge is 0.123 e. The van der Waals surface area contributed by atoms with Gasteiger partial charge in [-0.2, -0.15) is 0 Å². The molecule has 0 fully saturated rings. The van der Waals surface area contributed by atoms with Gasteiger partial charge in [0.1, 0.15) is 5.82 Å². The van der Waals surface area contributed by atoms with Crippen LogP contribution in [0.5, 0.6) is 0 Å². The number of benzene rings is 2. The third-order valence-corrected chi connectivity index (χ3v) is 3.57. The van der Waals surface area contributed by atoms with E-state index in [4.69, 9.17) is 0 Å². The van der Waals surface area contributed by atoms with Gasteiger partial charge in [0.2, 0.25) is 0 Å². The predicted molar refractivity (Wildman–Crippen MR) is 81.1 cm³/mol. The van der Waals surface area contributed by atoms with E-state index in [1.165, 1.54) is 17.7 Å². The molecule has 0 radical (unpaired) electrons. The summed E-state index contributed by atoms with van der Waals surface area (Å²) in [4.78, 5) is 0. The van der Waals surface area contributed by atoms with E-state index in [1.54, 1.807) is 19.1 Å². The Hall–Kier alpha value is -1.67. The van der Waals surface area contributed by atoms with Gasteiger partial charge in [-0.25, -0.2) is 4.39 Å². The first-order valence-corrected chi connectivity index (χ1v) is 7.19. The summed E-state index contributed by atoms with van der Waals surface area (Å²) in [5, 5.41) is 10.00. The van der Waals surface area contributed by atoms with Gasteiger partial charge < -0.3 is 5.11 Å². The summed E-state index contributed by atoms with van der Waals surface area (Å²) < 4.78 is 13.1. The second-order valence-corrected chi connectivity index (χ2v) is 5.17. The molecule has 2 aromatic carbocycles. The average molecular weight is 272 g/mol. The number of halogens is 1. The van der Waals surface area contributed by atoms with Crippen LogP contribution in [0.3, 0.4) is 0 Å². The molecule has 0 bridgehead atoms. The topological polar surface area (TPSA) is 20.2 Å². The van der Waals surface area contributed by atoms with Gasteiger partial charge in [-0.15, -0.1) is 0 Å². The molecular formula is C18H21FO. The summed E-state index contributed by atoms with van der Waals surface area (Å²) >= 11 is 0. The molecule has 2 aromatic rings. The van der Waals surface area contributed by atoms with Crippen LogP contribution in [-0.4, -0.2) is 5.11 Å². The van der Waals surface area contributed by atoms with Gasteiger partial charge in [0, 0.05) is 0 Å². The van der Waals surface area contributed by atoms with E-state index in [2.05, 4.69) is 13.0 Å². The van der Waals surface area contributed by atoms with Crippen molar-refractivity contribution in [3.8, 4) is 11.1 Å². The Kier molecular flexibility index (Phi) is 4.91. The number of rotatable bonds is 5. The highest BCUT2D eigenvalue weighted by Crippen LogP contribution is 2.32. The normalized spacial score (nSPS) is 12.4. The second-order valence-electron chi connectivity index (χ2n) is 5.17. The van der Waals surface area contributed by atoms with Crippen LogP contribution in [0.4, 0.5) is 4.39 Å². The molecule has 20 heavy (non-hydrogen) atoms. The molecule has 0 spiro atoms. The first-order valence-electron chi connectivity index (χ1n) is 7.19. The third kappa shape index (κ3) is 3.26. The van der Waals surface area contributed by atoms with E-state index in [0.29, 0.717) is 0 Å². The minimum absolute atomic E-state index is 0.238. The summed E-state index contributed by atoms with van der Waals surface area (Å²) in [7, 11) is 0. The quantitative estimate of drug-likeness (QED) is 0.821. The lowest BCUT2D eigenvalue weighted by Gasteiger charge is -2.17. The molecule has 0 aromatic heterocycles. The molecule has 106 valence electrons. The monoisotopic (exact) mass is 272 g/mol. The molecule has 0 amide bonds. The number of hydrogen-bond donors (Lipinski definition) is 1. The Bertz CT molecular complexity index is 558. The maximum atomic E-state index is 13.1. The fourth-order valence-corrected chi connectivity index (χ4v) is 2.51. The molecule has 0 saturated carbocycles. The molecule has 1 N–H and O–H groups in total. The molecule has 2 heteroatoms. The van der Waals surface area contributed by atoms with Crippen LogP contribution in [0.25, 0.3) is 11.1 Å². The van der Waals surface area contributed by atoms with Gasteiger partial charge in [-0.05, 0) is 54.2 Å². The van der Waals surface area contributed by atoms with E-state index < -0.39 is 6.10 Å². The van der Waals surface area contributed by atoms with Crippen LogP contribution in [0, 0.1) is 5.82 Å². The highest BCUT2D eigenvalue weighted by Gasteiger charge is 2.13. The summed E-state index contributed by atoms with van der Waals surface area (Å²) in [6.07, 6.45) is 2.68. The van der Waals surface area contributed by atoms with E-state index in [0.717, 1.165) is 36.0 Å². The van der Waals surface area contributed by atoms with Crippen molar-refractivity contribution in [3.05, 3.63) is 59.4 Å². The SMILES string of the molecule is CCCCc1cccc(C(C)O)c1-c1ccc(F)cc1. The molecule has 0 aliphatic heterocycles. The lowest BCUT2D eigenvalue weighted by molar-refractivity contribution is 0.200. The molecule has 1 unspecified atom stereocenters. The highest BCUT2D eigenvalue weighted by molar-refractivity contribution is 5.71. The van der Waals surface area contributed by atoms with Crippen molar-refractivity contribution in [2.45, 2.75) is 39.2 Å². The second kappa shape index (κ2) is 6.67. The van der Waals surface area contributed by atoms with Crippen LogP contribution in [0.2, 0.25) is 0 Å². The summed E-state index contributed by atoms with van der Waals surface area (Å²) in [6, 6.07) is 12.5. The van der Waals surface area contributed by atoms with Gasteiger partial charge in [-0.3, -0.25) is 0 Å². The molecule has 0 heterocycles. The Labute approximate surface area is 120 Å². The molecular weight excluding hydrogens is 251 g/mol. The van der Waals surface area contributed by atoms with Gasteiger partial charge in [0.25, 0.3) is 0 Å². The van der Waals surface area contributed by atoms with Crippen LogP contribution < -0.4 is 0 Å². The number of aliphatic hydroxyl groups is 1. The minimum atomic E-state index is -0.531. The van der Waals surface area contributed by atoms with Gasteiger partial charge in [0.05, 0.1) is 6.10 Å².